The summed E-state index contributed by atoms with van der Waals surface area (Å²) in [4.78, 5) is 28.6. The van der Waals surface area contributed by atoms with Crippen LogP contribution in [0, 0.1) is 13.8 Å². The second-order valence-corrected chi connectivity index (χ2v) is 7.52. The maximum Gasteiger partial charge on any atom is 0.410 e. The zero-order chi connectivity index (χ0) is 18.1. The summed E-state index contributed by atoms with van der Waals surface area (Å²) in [6.07, 6.45) is -0.311. The molecule has 2 rings (SSSR count). The Morgan fingerprint density at radius 2 is 1.83 bits per heavy atom. The first kappa shape index (κ1) is 18.3. The van der Waals surface area contributed by atoms with E-state index in [9.17, 15) is 9.59 Å². The van der Waals surface area contributed by atoms with Crippen molar-refractivity contribution in [2.75, 3.05) is 19.6 Å². The van der Waals surface area contributed by atoms with Crippen LogP contribution < -0.4 is 0 Å². The highest BCUT2D eigenvalue weighted by atomic mass is 16.6. The lowest BCUT2D eigenvalue weighted by Crippen LogP contribution is -2.56. The number of ether oxygens (including phenoxy) is 1. The molecule has 1 saturated heterocycles. The third-order valence-electron chi connectivity index (χ3n) is 4.38. The van der Waals surface area contributed by atoms with E-state index in [1.165, 1.54) is 0 Å². The fourth-order valence-corrected chi connectivity index (χ4v) is 2.89. The van der Waals surface area contributed by atoms with E-state index in [-0.39, 0.29) is 18.0 Å². The summed E-state index contributed by atoms with van der Waals surface area (Å²) < 4.78 is 5.45. The van der Waals surface area contributed by atoms with Crippen LogP contribution in [0.25, 0.3) is 0 Å². The van der Waals surface area contributed by atoms with E-state index >= 15 is 0 Å². The maximum atomic E-state index is 12.8. The molecule has 5 heteroatoms. The average molecular weight is 332 g/mol. The van der Waals surface area contributed by atoms with Gasteiger partial charge in [-0.15, -0.1) is 0 Å². The predicted molar refractivity (Wildman–Crippen MR) is 94.2 cm³/mol. The summed E-state index contributed by atoms with van der Waals surface area (Å²) in [7, 11) is 0. The largest absolute Gasteiger partial charge is 0.444 e. The molecule has 1 fully saturated rings. The number of hydrogen-bond acceptors (Lipinski definition) is 3. The Labute approximate surface area is 144 Å². The van der Waals surface area contributed by atoms with Crippen LogP contribution in [-0.4, -0.2) is 53.1 Å². The average Bonchev–Trinajstić information content (AvgIpc) is 2.47. The van der Waals surface area contributed by atoms with Gasteiger partial charge in [0.2, 0.25) is 0 Å². The van der Waals surface area contributed by atoms with E-state index in [4.69, 9.17) is 4.74 Å². The molecule has 0 N–H and O–H groups in total. The van der Waals surface area contributed by atoms with Crippen LogP contribution in [0.4, 0.5) is 4.79 Å². The molecule has 1 unspecified atom stereocenters. The molecule has 1 atom stereocenters. The number of aryl methyl sites for hydroxylation is 1. The van der Waals surface area contributed by atoms with Crippen LogP contribution in [0.2, 0.25) is 0 Å². The van der Waals surface area contributed by atoms with Crippen LogP contribution in [0.5, 0.6) is 0 Å². The van der Waals surface area contributed by atoms with Crippen LogP contribution in [0.1, 0.15) is 49.2 Å². The molecule has 1 aromatic rings. The van der Waals surface area contributed by atoms with E-state index in [1.807, 2.05) is 64.6 Å². The Morgan fingerprint density at radius 1 is 1.17 bits per heavy atom. The summed E-state index contributed by atoms with van der Waals surface area (Å²) in [6, 6.07) is 5.73. The fourth-order valence-electron chi connectivity index (χ4n) is 2.89. The van der Waals surface area contributed by atoms with Crippen molar-refractivity contribution >= 4 is 12.0 Å². The molecule has 1 aromatic carbocycles. The molecular weight excluding hydrogens is 304 g/mol. The second kappa shape index (κ2) is 6.83. The third kappa shape index (κ3) is 4.08. The molecule has 24 heavy (non-hydrogen) atoms. The van der Waals surface area contributed by atoms with Crippen molar-refractivity contribution in [1.29, 1.82) is 0 Å². The molecule has 132 valence electrons. The van der Waals surface area contributed by atoms with Crippen molar-refractivity contribution < 1.29 is 14.3 Å². The molecule has 0 aromatic heterocycles. The Morgan fingerprint density at radius 3 is 2.42 bits per heavy atom. The molecule has 0 spiro atoms. The van der Waals surface area contributed by atoms with Gasteiger partial charge in [-0.2, -0.15) is 0 Å². The molecule has 5 nitrogen and oxygen atoms in total. The van der Waals surface area contributed by atoms with Crippen molar-refractivity contribution in [3.63, 3.8) is 0 Å². The molecule has 0 radical (unpaired) electrons. The number of amides is 2. The van der Waals surface area contributed by atoms with Gasteiger partial charge in [0.15, 0.2) is 0 Å². The summed E-state index contributed by atoms with van der Waals surface area (Å²) >= 11 is 0. The van der Waals surface area contributed by atoms with Crippen molar-refractivity contribution in [3.05, 3.63) is 34.9 Å². The van der Waals surface area contributed by atoms with Crippen LogP contribution in [0.15, 0.2) is 18.2 Å². The molecule has 1 heterocycles. The van der Waals surface area contributed by atoms with E-state index in [0.29, 0.717) is 19.6 Å². The van der Waals surface area contributed by atoms with E-state index in [2.05, 4.69) is 0 Å². The van der Waals surface area contributed by atoms with Crippen LogP contribution in [0.3, 0.4) is 0 Å². The summed E-state index contributed by atoms with van der Waals surface area (Å²) in [5.41, 5.74) is 2.36. The van der Waals surface area contributed by atoms with Gasteiger partial charge in [0, 0.05) is 31.2 Å². The van der Waals surface area contributed by atoms with Crippen molar-refractivity contribution in [3.8, 4) is 0 Å². The lowest BCUT2D eigenvalue weighted by molar-refractivity contribution is 0.00197. The zero-order valence-corrected chi connectivity index (χ0v) is 15.5. The van der Waals surface area contributed by atoms with Gasteiger partial charge in [-0.1, -0.05) is 12.1 Å². The fraction of sp³-hybridized carbons (Fsp3) is 0.579. The highest BCUT2D eigenvalue weighted by Crippen LogP contribution is 2.19. The number of benzene rings is 1. The Kier molecular flexibility index (Phi) is 5.21. The van der Waals surface area contributed by atoms with E-state index < -0.39 is 5.60 Å². The van der Waals surface area contributed by atoms with Gasteiger partial charge in [0.05, 0.1) is 0 Å². The second-order valence-electron chi connectivity index (χ2n) is 7.52. The molecule has 2 amide bonds. The quantitative estimate of drug-likeness (QED) is 0.792. The van der Waals surface area contributed by atoms with Gasteiger partial charge < -0.3 is 14.5 Å². The lowest BCUT2D eigenvalue weighted by Gasteiger charge is -2.40. The van der Waals surface area contributed by atoms with Gasteiger partial charge in [0.1, 0.15) is 5.60 Å². The molecule has 0 saturated carbocycles. The zero-order valence-electron chi connectivity index (χ0n) is 15.5. The van der Waals surface area contributed by atoms with Gasteiger partial charge in [-0.25, -0.2) is 4.79 Å². The number of carbonyl (C=O) groups excluding carboxylic acids is 2. The summed E-state index contributed by atoms with van der Waals surface area (Å²) in [5.74, 6) is 0.0342. The third-order valence-corrected chi connectivity index (χ3v) is 4.38. The first-order valence-corrected chi connectivity index (χ1v) is 8.45. The summed E-state index contributed by atoms with van der Waals surface area (Å²) in [5, 5.41) is 0. The van der Waals surface area contributed by atoms with Gasteiger partial charge in [-0.05, 0) is 58.7 Å². The minimum absolute atomic E-state index is 0.0342. The van der Waals surface area contributed by atoms with E-state index in [1.54, 1.807) is 4.90 Å². The predicted octanol–water partition coefficient (Wildman–Crippen LogP) is 3.38. The number of carbonyl (C=O) groups is 2. The first-order valence-electron chi connectivity index (χ1n) is 8.45. The lowest BCUT2D eigenvalue weighted by atomic mass is 10.0. The minimum atomic E-state index is -0.511. The number of nitrogens with zero attached hydrogens (tertiary/aromatic N) is 2. The van der Waals surface area contributed by atoms with Gasteiger partial charge >= 0.3 is 6.09 Å². The SMILES string of the molecule is Cc1cccc(C(=O)N2CCN(C(=O)OC(C)(C)C)C(C)C2)c1C. The molecule has 1 aliphatic rings. The summed E-state index contributed by atoms with van der Waals surface area (Å²) in [6.45, 7) is 13.0. The van der Waals surface area contributed by atoms with Crippen molar-refractivity contribution in [1.82, 2.24) is 9.80 Å². The minimum Gasteiger partial charge on any atom is -0.444 e. The van der Waals surface area contributed by atoms with Gasteiger partial charge in [-0.3, -0.25) is 4.79 Å². The molecule has 0 bridgehead atoms. The first-order chi connectivity index (χ1) is 11.1. The van der Waals surface area contributed by atoms with Crippen molar-refractivity contribution in [2.24, 2.45) is 0 Å². The highest BCUT2D eigenvalue weighted by molar-refractivity contribution is 5.96. The van der Waals surface area contributed by atoms with Crippen molar-refractivity contribution in [2.45, 2.75) is 53.2 Å². The van der Waals surface area contributed by atoms with E-state index in [0.717, 1.165) is 16.7 Å². The maximum absolute atomic E-state index is 12.8. The Hall–Kier alpha value is -2.04. The smallest absolute Gasteiger partial charge is 0.410 e. The number of rotatable bonds is 1. The molecule has 1 aliphatic heterocycles. The molecular formula is C19H28N2O3. The van der Waals surface area contributed by atoms with Crippen LogP contribution in [-0.2, 0) is 4.74 Å². The monoisotopic (exact) mass is 332 g/mol. The normalized spacial score (nSPS) is 18.5. The molecule has 0 aliphatic carbocycles. The number of hydrogen-bond donors (Lipinski definition) is 0. The topological polar surface area (TPSA) is 49.9 Å². The standard InChI is InChI=1S/C19H28N2O3/c1-13-8-7-9-16(15(13)3)17(22)20-10-11-21(14(2)12-20)18(23)24-19(4,5)6/h7-9,14H,10-12H2,1-6H3. The van der Waals surface area contributed by atoms with Gasteiger partial charge in [0.25, 0.3) is 5.91 Å². The Bertz CT molecular complexity index is 634. The van der Waals surface area contributed by atoms with Crippen LogP contribution >= 0.6 is 0 Å². The number of piperazine rings is 1. The Balaban J connectivity index is 2.06. The highest BCUT2D eigenvalue weighted by Gasteiger charge is 2.33.